The van der Waals surface area contributed by atoms with Gasteiger partial charge >= 0.3 is 5.97 Å². The fraction of sp³-hybridized carbons (Fsp3) is 0.533. The number of aliphatic hydroxyl groups excluding tert-OH is 2. The van der Waals surface area contributed by atoms with Crippen molar-refractivity contribution in [3.05, 3.63) is 35.5 Å². The van der Waals surface area contributed by atoms with Crippen molar-refractivity contribution in [3.63, 3.8) is 0 Å². The van der Waals surface area contributed by atoms with E-state index in [1.807, 2.05) is 19.1 Å². The lowest BCUT2D eigenvalue weighted by atomic mass is 9.85. The van der Waals surface area contributed by atoms with Gasteiger partial charge in [0.15, 0.2) is 0 Å². The Morgan fingerprint density at radius 1 is 1.53 bits per heavy atom. The van der Waals surface area contributed by atoms with Crippen LogP contribution in [0.25, 0.3) is 0 Å². The number of hydrogen-bond acceptors (Lipinski definition) is 4. The Balaban J connectivity index is 2.32. The van der Waals surface area contributed by atoms with E-state index in [0.29, 0.717) is 12.0 Å². The van der Waals surface area contributed by atoms with Crippen LogP contribution < -0.4 is 0 Å². The second kappa shape index (κ2) is 5.72. The van der Waals surface area contributed by atoms with E-state index in [1.165, 1.54) is 0 Å². The number of rotatable bonds is 1. The highest BCUT2D eigenvalue weighted by Crippen LogP contribution is 2.34. The molecule has 0 aromatic carbocycles. The summed E-state index contributed by atoms with van der Waals surface area (Å²) < 4.78 is 5.26. The second-order valence-corrected chi connectivity index (χ2v) is 5.26. The number of carbonyl (C=O) groups is 1. The molecule has 4 heteroatoms. The number of hydrogen-bond donors (Lipinski definition) is 2. The van der Waals surface area contributed by atoms with Gasteiger partial charge in [0.25, 0.3) is 0 Å². The monoisotopic (exact) mass is 264 g/mol. The number of ether oxygens (including phenoxy) is 1. The highest BCUT2D eigenvalue weighted by atomic mass is 16.6. The van der Waals surface area contributed by atoms with Crippen molar-refractivity contribution in [2.45, 2.75) is 38.4 Å². The van der Waals surface area contributed by atoms with Gasteiger partial charge < -0.3 is 14.9 Å². The molecule has 2 N–H and O–H groups in total. The molecule has 0 radical (unpaired) electrons. The van der Waals surface area contributed by atoms with Crippen LogP contribution >= 0.6 is 0 Å². The predicted molar refractivity (Wildman–Crippen MR) is 71.3 cm³/mol. The lowest BCUT2D eigenvalue weighted by Gasteiger charge is -2.23. The Morgan fingerprint density at radius 2 is 2.26 bits per heavy atom. The third-order valence-electron chi connectivity index (χ3n) is 3.77. The van der Waals surface area contributed by atoms with Gasteiger partial charge in [0, 0.05) is 5.57 Å². The lowest BCUT2D eigenvalue weighted by molar-refractivity contribution is -0.137. The van der Waals surface area contributed by atoms with E-state index in [-0.39, 0.29) is 6.61 Å². The summed E-state index contributed by atoms with van der Waals surface area (Å²) in [7, 11) is 0. The normalized spacial score (nSPS) is 37.7. The van der Waals surface area contributed by atoms with Gasteiger partial charge in [-0.1, -0.05) is 18.2 Å². The maximum absolute atomic E-state index is 11.6. The average molecular weight is 264 g/mol. The van der Waals surface area contributed by atoms with Crippen LogP contribution in [0.1, 0.15) is 26.2 Å². The summed E-state index contributed by atoms with van der Waals surface area (Å²) in [5.74, 6) is -0.859. The molecule has 0 amide bonds. The van der Waals surface area contributed by atoms with Crippen LogP contribution in [0, 0.1) is 5.92 Å². The van der Waals surface area contributed by atoms with E-state index in [0.717, 1.165) is 24.0 Å². The summed E-state index contributed by atoms with van der Waals surface area (Å²) in [6.45, 7) is 5.63. The molecule has 1 aliphatic carbocycles. The Hall–Kier alpha value is -1.39. The van der Waals surface area contributed by atoms with E-state index < -0.39 is 24.1 Å². The average Bonchev–Trinajstić information content (AvgIpc) is 2.63. The third-order valence-corrected chi connectivity index (χ3v) is 3.77. The fourth-order valence-electron chi connectivity index (χ4n) is 2.67. The minimum atomic E-state index is -0.760. The van der Waals surface area contributed by atoms with Crippen LogP contribution in [-0.4, -0.2) is 35.0 Å². The molecule has 0 spiro atoms. The van der Waals surface area contributed by atoms with Crippen molar-refractivity contribution in [2.75, 3.05) is 6.61 Å². The maximum Gasteiger partial charge on any atom is 0.334 e. The molecule has 4 nitrogen and oxygen atoms in total. The highest BCUT2D eigenvalue weighted by Gasteiger charge is 2.42. The van der Waals surface area contributed by atoms with Crippen molar-refractivity contribution < 1.29 is 19.7 Å². The van der Waals surface area contributed by atoms with Crippen molar-refractivity contribution in [2.24, 2.45) is 5.92 Å². The SMILES string of the molecule is C=C1C(=O)O[C@@H]2/C=C(/C)CC/C=C(/CO)C[C@@H](O)[C@H]12. The van der Waals surface area contributed by atoms with E-state index >= 15 is 0 Å². The molecule has 0 unspecified atom stereocenters. The quantitative estimate of drug-likeness (QED) is 0.428. The summed E-state index contributed by atoms with van der Waals surface area (Å²) >= 11 is 0. The van der Waals surface area contributed by atoms with Crippen LogP contribution in [-0.2, 0) is 9.53 Å². The number of fused-ring (bicyclic) bond motifs is 1. The van der Waals surface area contributed by atoms with Crippen LogP contribution in [0.15, 0.2) is 35.5 Å². The molecule has 104 valence electrons. The third kappa shape index (κ3) is 2.96. The first-order valence-electron chi connectivity index (χ1n) is 6.57. The Bertz CT molecular complexity index is 447. The van der Waals surface area contributed by atoms with Gasteiger partial charge in [0.05, 0.1) is 18.6 Å². The molecular formula is C15H20O4. The smallest absolute Gasteiger partial charge is 0.334 e. The maximum atomic E-state index is 11.6. The standard InChI is InChI=1S/C15H20O4/c1-9-4-3-5-11(8-16)7-12(17)14-10(2)15(18)19-13(14)6-9/h5-6,12-14,16-17H,2-4,7-8H2,1H3/b9-6-,11-5+/t12-,13-,14+/m1/s1. The fourth-order valence-corrected chi connectivity index (χ4v) is 2.67. The zero-order valence-electron chi connectivity index (χ0n) is 11.1. The summed E-state index contributed by atoms with van der Waals surface area (Å²) in [6.07, 6.45) is 4.69. The first-order chi connectivity index (χ1) is 9.02. The molecule has 0 aromatic heterocycles. The molecule has 0 aromatic rings. The molecule has 19 heavy (non-hydrogen) atoms. The van der Waals surface area contributed by atoms with E-state index in [1.54, 1.807) is 0 Å². The molecule has 3 atom stereocenters. The molecule has 0 saturated carbocycles. The molecule has 2 aliphatic rings. The lowest BCUT2D eigenvalue weighted by Crippen LogP contribution is -2.29. The van der Waals surface area contributed by atoms with Gasteiger partial charge in [-0.25, -0.2) is 4.79 Å². The van der Waals surface area contributed by atoms with Gasteiger partial charge in [0.1, 0.15) is 6.10 Å². The van der Waals surface area contributed by atoms with Crippen LogP contribution in [0.3, 0.4) is 0 Å². The molecule has 0 bridgehead atoms. The van der Waals surface area contributed by atoms with Crippen molar-refractivity contribution in [3.8, 4) is 0 Å². The van der Waals surface area contributed by atoms with Crippen LogP contribution in [0.2, 0.25) is 0 Å². The molecule has 1 saturated heterocycles. The van der Waals surface area contributed by atoms with Gasteiger partial charge in [-0.05, 0) is 37.8 Å². The topological polar surface area (TPSA) is 66.8 Å². The van der Waals surface area contributed by atoms with Gasteiger partial charge in [-0.3, -0.25) is 0 Å². The van der Waals surface area contributed by atoms with Gasteiger partial charge in [0.2, 0.25) is 0 Å². The first-order valence-corrected chi connectivity index (χ1v) is 6.57. The second-order valence-electron chi connectivity index (χ2n) is 5.26. The Morgan fingerprint density at radius 3 is 2.95 bits per heavy atom. The molecular weight excluding hydrogens is 244 g/mol. The van der Waals surface area contributed by atoms with Crippen molar-refractivity contribution in [1.82, 2.24) is 0 Å². The molecule has 1 aliphatic heterocycles. The number of esters is 1. The first kappa shape index (κ1) is 14.0. The van der Waals surface area contributed by atoms with Crippen LogP contribution in [0.5, 0.6) is 0 Å². The van der Waals surface area contributed by atoms with E-state index in [4.69, 9.17) is 4.74 Å². The summed E-state index contributed by atoms with van der Waals surface area (Å²) in [5, 5.41) is 19.6. The van der Waals surface area contributed by atoms with Crippen LogP contribution in [0.4, 0.5) is 0 Å². The van der Waals surface area contributed by atoms with E-state index in [9.17, 15) is 15.0 Å². The Labute approximate surface area is 113 Å². The summed E-state index contributed by atoms with van der Waals surface area (Å²) in [6, 6.07) is 0. The predicted octanol–water partition coefficient (Wildman–Crippen LogP) is 1.49. The zero-order chi connectivity index (χ0) is 14.0. The van der Waals surface area contributed by atoms with Gasteiger partial charge in [-0.15, -0.1) is 0 Å². The van der Waals surface area contributed by atoms with Gasteiger partial charge in [-0.2, -0.15) is 0 Å². The minimum Gasteiger partial charge on any atom is -0.454 e. The van der Waals surface area contributed by atoms with Crippen molar-refractivity contribution in [1.29, 1.82) is 0 Å². The molecule has 1 heterocycles. The Kier molecular flexibility index (Phi) is 4.22. The summed E-state index contributed by atoms with van der Waals surface area (Å²) in [4.78, 5) is 11.6. The minimum absolute atomic E-state index is 0.0709. The number of aliphatic hydroxyl groups is 2. The number of allylic oxidation sites excluding steroid dienone is 2. The highest BCUT2D eigenvalue weighted by molar-refractivity contribution is 5.91. The number of carbonyl (C=O) groups excluding carboxylic acids is 1. The molecule has 2 rings (SSSR count). The summed E-state index contributed by atoms with van der Waals surface area (Å²) in [5.41, 5.74) is 2.23. The molecule has 1 fully saturated rings. The largest absolute Gasteiger partial charge is 0.454 e. The van der Waals surface area contributed by atoms with Crippen molar-refractivity contribution >= 4 is 5.97 Å². The van der Waals surface area contributed by atoms with E-state index in [2.05, 4.69) is 6.58 Å². The zero-order valence-corrected chi connectivity index (χ0v) is 11.1.